The highest BCUT2D eigenvalue weighted by Gasteiger charge is 2.28. The quantitative estimate of drug-likeness (QED) is 0.768. The van der Waals surface area contributed by atoms with E-state index in [0.29, 0.717) is 30.2 Å². The topological polar surface area (TPSA) is 84.1 Å². The molecular weight excluding hydrogens is 351 g/mol. The van der Waals surface area contributed by atoms with Gasteiger partial charge in [0.15, 0.2) is 0 Å². The average molecular weight is 370 g/mol. The maximum atomic E-state index is 13.1. The molecule has 1 N–H and O–H groups in total. The molecule has 0 saturated carbocycles. The largest absolute Gasteiger partial charge is 0.383 e. The van der Waals surface area contributed by atoms with Crippen LogP contribution in [0.5, 0.6) is 0 Å². The van der Waals surface area contributed by atoms with Gasteiger partial charge in [0.05, 0.1) is 5.69 Å². The van der Waals surface area contributed by atoms with E-state index in [-0.39, 0.29) is 23.2 Å². The highest BCUT2D eigenvalue weighted by atomic mass is 19.1. The summed E-state index contributed by atoms with van der Waals surface area (Å²) in [5.74, 6) is 0.375. The van der Waals surface area contributed by atoms with Crippen LogP contribution >= 0.6 is 0 Å². The highest BCUT2D eigenvalue weighted by Crippen LogP contribution is 2.28. The van der Waals surface area contributed by atoms with Crippen molar-refractivity contribution in [2.24, 2.45) is 7.05 Å². The second-order valence-corrected chi connectivity index (χ2v) is 6.73. The highest BCUT2D eigenvalue weighted by molar-refractivity contribution is 5.93. The summed E-state index contributed by atoms with van der Waals surface area (Å²) in [5.41, 5.74) is 1.63. The number of nitrogens with zero attached hydrogens (tertiary/aromatic N) is 3. The Hall–Kier alpha value is -3.16. The summed E-state index contributed by atoms with van der Waals surface area (Å²) in [6.07, 6.45) is 1.46. The van der Waals surface area contributed by atoms with Crippen molar-refractivity contribution in [3.8, 4) is 11.3 Å². The lowest BCUT2D eigenvalue weighted by atomic mass is 9.94. The lowest BCUT2D eigenvalue weighted by molar-refractivity contribution is 0.0695. The van der Waals surface area contributed by atoms with Crippen molar-refractivity contribution >= 4 is 5.91 Å². The minimum atomic E-state index is -0.313. The Balaban J connectivity index is 1.47. The summed E-state index contributed by atoms with van der Waals surface area (Å²) >= 11 is 0. The van der Waals surface area contributed by atoms with Crippen LogP contribution in [-0.4, -0.2) is 38.8 Å². The van der Waals surface area contributed by atoms with E-state index in [0.717, 1.165) is 18.4 Å². The fraction of sp³-hybridized carbons (Fsp3) is 0.316. The molecule has 0 radical (unpaired) electrons. The molecule has 4 rings (SSSR count). The van der Waals surface area contributed by atoms with Gasteiger partial charge in [-0.25, -0.2) is 4.39 Å². The zero-order valence-corrected chi connectivity index (χ0v) is 14.8. The normalized spacial score (nSPS) is 15.3. The smallest absolute Gasteiger partial charge is 0.280 e. The van der Waals surface area contributed by atoms with Gasteiger partial charge >= 0.3 is 0 Å². The molecule has 1 amide bonds. The van der Waals surface area contributed by atoms with E-state index in [1.165, 1.54) is 18.2 Å². The summed E-state index contributed by atoms with van der Waals surface area (Å²) in [6.45, 7) is 1.16. The van der Waals surface area contributed by atoms with Gasteiger partial charge in [-0.05, 0) is 43.2 Å². The Bertz CT molecular complexity index is 1010. The van der Waals surface area contributed by atoms with Crippen molar-refractivity contribution in [2.45, 2.75) is 18.8 Å². The van der Waals surface area contributed by atoms with E-state index in [2.05, 4.69) is 10.3 Å². The maximum Gasteiger partial charge on any atom is 0.280 e. The summed E-state index contributed by atoms with van der Waals surface area (Å²) < 4.78 is 19.8. The second-order valence-electron chi connectivity index (χ2n) is 6.73. The number of nitrogens with one attached hydrogen (secondary N) is 1. The zero-order chi connectivity index (χ0) is 19.0. The van der Waals surface area contributed by atoms with Gasteiger partial charge in [0.1, 0.15) is 17.3 Å². The molecule has 7 nitrogen and oxygen atoms in total. The molecule has 0 bridgehead atoms. The van der Waals surface area contributed by atoms with Crippen LogP contribution in [0.2, 0.25) is 0 Å². The number of carbonyl (C=O) groups is 1. The van der Waals surface area contributed by atoms with Crippen LogP contribution in [0.25, 0.3) is 11.3 Å². The minimum Gasteiger partial charge on any atom is -0.383 e. The summed E-state index contributed by atoms with van der Waals surface area (Å²) in [7, 11) is 1.72. The number of aromatic nitrogens is 3. The predicted molar refractivity (Wildman–Crippen MR) is 95.8 cm³/mol. The Morgan fingerprint density at radius 2 is 1.93 bits per heavy atom. The van der Waals surface area contributed by atoms with Crippen molar-refractivity contribution in [3.63, 3.8) is 0 Å². The second kappa shape index (κ2) is 6.86. The third-order valence-electron chi connectivity index (χ3n) is 4.97. The number of benzene rings is 1. The first kappa shape index (κ1) is 17.3. The number of halogens is 1. The van der Waals surface area contributed by atoms with Crippen molar-refractivity contribution in [2.75, 3.05) is 13.1 Å². The van der Waals surface area contributed by atoms with Gasteiger partial charge in [-0.3, -0.25) is 14.3 Å². The molecule has 27 heavy (non-hydrogen) atoms. The third-order valence-corrected chi connectivity index (χ3v) is 4.97. The number of likely N-dealkylation sites (tertiary alicyclic amines) is 1. The molecule has 1 saturated heterocycles. The molecule has 3 heterocycles. The van der Waals surface area contributed by atoms with E-state index in [9.17, 15) is 14.0 Å². The molecule has 0 aliphatic carbocycles. The molecule has 2 aromatic heterocycles. The molecule has 0 atom stereocenters. The fourth-order valence-corrected chi connectivity index (χ4v) is 3.46. The Labute approximate surface area is 154 Å². The summed E-state index contributed by atoms with van der Waals surface area (Å²) in [5, 5.41) is 6.69. The van der Waals surface area contributed by atoms with Crippen LogP contribution in [0.3, 0.4) is 0 Å². The minimum absolute atomic E-state index is 0.0904. The van der Waals surface area contributed by atoms with Gasteiger partial charge in [-0.2, -0.15) is 10.3 Å². The van der Waals surface area contributed by atoms with E-state index >= 15 is 0 Å². The van der Waals surface area contributed by atoms with Crippen LogP contribution < -0.4 is 5.56 Å². The van der Waals surface area contributed by atoms with Gasteiger partial charge in [0, 0.05) is 37.7 Å². The molecule has 1 aromatic carbocycles. The number of rotatable bonds is 3. The van der Waals surface area contributed by atoms with Gasteiger partial charge in [0.2, 0.25) is 0 Å². The Kier molecular flexibility index (Phi) is 4.39. The van der Waals surface area contributed by atoms with Crippen LogP contribution in [0.1, 0.15) is 35.0 Å². The van der Waals surface area contributed by atoms with Crippen molar-refractivity contribution in [3.05, 3.63) is 64.0 Å². The van der Waals surface area contributed by atoms with Gasteiger partial charge in [-0.1, -0.05) is 0 Å². The molecule has 1 aliphatic rings. The lowest BCUT2D eigenvalue weighted by Gasteiger charge is -2.30. The standard InChI is InChI=1S/C19H19FN4O3/c1-23-16(10-15(21-23)12-2-4-14(20)5-3-12)19(26)24-8-6-13(7-9-24)17-11-18(25)22-27-17/h2-5,10-11,13H,6-9H2,1H3,(H,22,25). The Morgan fingerprint density at radius 1 is 1.22 bits per heavy atom. The summed E-state index contributed by atoms with van der Waals surface area (Å²) in [4.78, 5) is 25.9. The van der Waals surface area contributed by atoms with E-state index in [1.54, 1.807) is 34.8 Å². The molecule has 0 unspecified atom stereocenters. The van der Waals surface area contributed by atoms with Gasteiger partial charge in [0.25, 0.3) is 11.5 Å². The third kappa shape index (κ3) is 3.42. The van der Waals surface area contributed by atoms with Crippen molar-refractivity contribution in [1.82, 2.24) is 19.8 Å². The van der Waals surface area contributed by atoms with E-state index < -0.39 is 0 Å². The molecular formula is C19H19FN4O3. The number of hydrogen-bond donors (Lipinski definition) is 1. The monoisotopic (exact) mass is 370 g/mol. The van der Waals surface area contributed by atoms with Crippen LogP contribution in [0, 0.1) is 5.82 Å². The Morgan fingerprint density at radius 3 is 2.56 bits per heavy atom. The first-order valence-electron chi connectivity index (χ1n) is 8.79. The summed E-state index contributed by atoms with van der Waals surface area (Å²) in [6, 6.07) is 9.22. The molecule has 0 spiro atoms. The first-order valence-corrected chi connectivity index (χ1v) is 8.79. The average Bonchev–Trinajstić information content (AvgIpc) is 3.28. The van der Waals surface area contributed by atoms with Crippen molar-refractivity contribution < 1.29 is 13.7 Å². The lowest BCUT2D eigenvalue weighted by Crippen LogP contribution is -2.38. The zero-order valence-electron chi connectivity index (χ0n) is 14.8. The number of piperidine rings is 1. The molecule has 3 aromatic rings. The van der Waals surface area contributed by atoms with Gasteiger partial charge in [-0.15, -0.1) is 0 Å². The number of amides is 1. The number of hydrogen-bond acceptors (Lipinski definition) is 4. The predicted octanol–water partition coefficient (Wildman–Crippen LogP) is 2.53. The van der Waals surface area contributed by atoms with Crippen LogP contribution in [0.4, 0.5) is 4.39 Å². The van der Waals surface area contributed by atoms with Crippen molar-refractivity contribution in [1.29, 1.82) is 0 Å². The number of carbonyl (C=O) groups excluding carboxylic acids is 1. The SMILES string of the molecule is Cn1nc(-c2ccc(F)cc2)cc1C(=O)N1CCC(c2cc(=O)[nH]o2)CC1. The molecule has 140 valence electrons. The fourth-order valence-electron chi connectivity index (χ4n) is 3.46. The van der Waals surface area contributed by atoms with E-state index in [4.69, 9.17) is 4.52 Å². The van der Waals surface area contributed by atoms with E-state index in [1.807, 2.05) is 0 Å². The number of aromatic amines is 1. The van der Waals surface area contributed by atoms with Crippen LogP contribution in [-0.2, 0) is 7.05 Å². The molecule has 1 fully saturated rings. The number of aryl methyl sites for hydroxylation is 1. The molecule has 1 aliphatic heterocycles. The maximum absolute atomic E-state index is 13.1. The van der Waals surface area contributed by atoms with Gasteiger partial charge < -0.3 is 9.42 Å². The first-order chi connectivity index (χ1) is 13.0. The molecule has 8 heteroatoms. The van der Waals surface area contributed by atoms with Crippen LogP contribution in [0.15, 0.2) is 45.7 Å². The number of H-pyrrole nitrogens is 1.